The Morgan fingerprint density at radius 2 is 1.69 bits per heavy atom. The highest BCUT2D eigenvalue weighted by Gasteiger charge is 2.45. The van der Waals surface area contributed by atoms with Crippen LogP contribution in [-0.4, -0.2) is 79.1 Å². The maximum absolute atomic E-state index is 11.6. The molecule has 0 aliphatic carbocycles. The molecule has 4 atom stereocenters. The summed E-state index contributed by atoms with van der Waals surface area (Å²) < 4.78 is 30.3. The number of fused-ring (bicyclic) bond motifs is 1. The highest BCUT2D eigenvalue weighted by atomic mass is 31.2. The van der Waals surface area contributed by atoms with E-state index in [1.165, 1.54) is 0 Å². The molecule has 29 heavy (non-hydrogen) atoms. The molecule has 0 bridgehead atoms. The lowest BCUT2D eigenvalue weighted by Gasteiger charge is -2.16. The number of aromatic nitrogens is 4. The molecular formula is C10H16N4O13P2. The van der Waals surface area contributed by atoms with Gasteiger partial charge in [0, 0.05) is 0 Å². The third-order valence-electron chi connectivity index (χ3n) is 3.49. The van der Waals surface area contributed by atoms with Gasteiger partial charge < -0.3 is 39.4 Å². The van der Waals surface area contributed by atoms with Crippen molar-refractivity contribution in [2.24, 2.45) is 0 Å². The molecule has 19 heteroatoms. The third-order valence-corrected chi connectivity index (χ3v) is 3.97. The maximum atomic E-state index is 11.6. The molecule has 1 saturated heterocycles. The van der Waals surface area contributed by atoms with Crippen LogP contribution >= 0.6 is 15.6 Å². The molecule has 1 aliphatic heterocycles. The first kappa shape index (κ1) is 23.5. The van der Waals surface area contributed by atoms with Crippen LogP contribution in [0.2, 0.25) is 0 Å². The van der Waals surface area contributed by atoms with E-state index in [4.69, 9.17) is 33.8 Å². The first-order valence-electron chi connectivity index (χ1n) is 7.36. The molecule has 9 N–H and O–H groups in total. The van der Waals surface area contributed by atoms with E-state index in [0.29, 0.717) is 0 Å². The normalized spacial score (nSPS) is 25.1. The van der Waals surface area contributed by atoms with Gasteiger partial charge in [0.2, 0.25) is 0 Å². The Hall–Kier alpha value is -1.75. The second kappa shape index (κ2) is 8.55. The summed E-state index contributed by atoms with van der Waals surface area (Å²) in [7, 11) is -9.42. The highest BCUT2D eigenvalue weighted by Crippen LogP contribution is 2.38. The lowest BCUT2D eigenvalue weighted by molar-refractivity contribution is -0.0504. The van der Waals surface area contributed by atoms with Gasteiger partial charge in [-0.05, 0) is 0 Å². The van der Waals surface area contributed by atoms with Crippen molar-refractivity contribution >= 4 is 26.8 Å². The van der Waals surface area contributed by atoms with Crippen LogP contribution in [-0.2, 0) is 18.4 Å². The summed E-state index contributed by atoms with van der Waals surface area (Å²) >= 11 is 0. The van der Waals surface area contributed by atoms with Gasteiger partial charge in [-0.25, -0.2) is 18.9 Å². The smallest absolute Gasteiger partial charge is 0.387 e. The van der Waals surface area contributed by atoms with Crippen molar-refractivity contribution in [2.45, 2.75) is 24.5 Å². The van der Waals surface area contributed by atoms with Crippen LogP contribution in [0.15, 0.2) is 15.9 Å². The zero-order chi connectivity index (χ0) is 22.1. The minimum atomic E-state index is -4.78. The molecule has 0 unspecified atom stereocenters. The number of phosphoric acid groups is 2. The molecule has 3 rings (SSSR count). The predicted octanol–water partition coefficient (Wildman–Crippen LogP) is -3.79. The summed E-state index contributed by atoms with van der Waals surface area (Å²) in [6.07, 6.45) is -4.43. The summed E-state index contributed by atoms with van der Waals surface area (Å²) in [4.78, 5) is 70.0. The third kappa shape index (κ3) is 6.36. The van der Waals surface area contributed by atoms with Crippen LogP contribution in [0, 0.1) is 0 Å². The topological polar surface area (TPSA) is 278 Å². The van der Waals surface area contributed by atoms with E-state index >= 15 is 0 Å². The second-order valence-electron chi connectivity index (χ2n) is 5.60. The zero-order valence-corrected chi connectivity index (χ0v) is 15.8. The SMILES string of the molecule is O=P(O)(O)O.O=c1[nH]c(=O)c2ncn([C@@H]3O[C@H](COP(=O)(O)O)[C@@H](O)[C@H]3O)c2[nH]1. The van der Waals surface area contributed by atoms with Crippen molar-refractivity contribution < 1.29 is 53.1 Å². The molecule has 1 fully saturated rings. The van der Waals surface area contributed by atoms with Crippen molar-refractivity contribution in [3.8, 4) is 0 Å². The molecular weight excluding hydrogens is 446 g/mol. The number of rotatable bonds is 4. The fourth-order valence-electron chi connectivity index (χ4n) is 2.41. The lowest BCUT2D eigenvalue weighted by Crippen LogP contribution is -2.33. The van der Waals surface area contributed by atoms with E-state index in [9.17, 15) is 24.4 Å². The quantitative estimate of drug-likeness (QED) is 0.197. The number of nitrogens with zero attached hydrogens (tertiary/aromatic N) is 2. The number of H-pyrrole nitrogens is 2. The fourth-order valence-corrected chi connectivity index (χ4v) is 2.75. The average Bonchev–Trinajstić information content (AvgIpc) is 3.06. The van der Waals surface area contributed by atoms with E-state index in [2.05, 4.69) is 14.5 Å². The first-order chi connectivity index (χ1) is 13.2. The van der Waals surface area contributed by atoms with Crippen molar-refractivity contribution in [2.75, 3.05) is 6.61 Å². The van der Waals surface area contributed by atoms with Gasteiger partial charge in [-0.2, -0.15) is 0 Å². The van der Waals surface area contributed by atoms with Gasteiger partial charge in [0.15, 0.2) is 11.7 Å². The average molecular weight is 462 g/mol. The summed E-state index contributed by atoms with van der Waals surface area (Å²) in [5.74, 6) is 0. The van der Waals surface area contributed by atoms with Gasteiger partial charge in [0.05, 0.1) is 12.9 Å². The molecule has 3 heterocycles. The van der Waals surface area contributed by atoms with E-state index in [1.54, 1.807) is 0 Å². The minimum absolute atomic E-state index is 0.0449. The van der Waals surface area contributed by atoms with E-state index in [-0.39, 0.29) is 11.2 Å². The summed E-state index contributed by atoms with van der Waals surface area (Å²) in [6.45, 7) is -0.678. The standard InChI is InChI=1S/C10H13N4O9P.H3O4P/c15-5-3(1-22-24(19,20)21)23-9(6(5)16)14-2-11-4-7(14)12-10(18)13-8(4)17;1-5(2,3)4/h2-3,5-6,9,15-16H,1H2,(H2,19,20,21)(H2,12,13,17,18);(H3,1,2,3,4)/t3-,5-,6-,9-;/m1./s1. The molecule has 0 amide bonds. The van der Waals surface area contributed by atoms with Crippen LogP contribution in [0.5, 0.6) is 0 Å². The number of ether oxygens (including phenoxy) is 1. The van der Waals surface area contributed by atoms with Crippen molar-refractivity contribution in [3.63, 3.8) is 0 Å². The molecule has 0 spiro atoms. The lowest BCUT2D eigenvalue weighted by atomic mass is 10.1. The van der Waals surface area contributed by atoms with Crippen LogP contribution in [0.1, 0.15) is 6.23 Å². The molecule has 0 radical (unpaired) electrons. The molecule has 17 nitrogen and oxygen atoms in total. The van der Waals surface area contributed by atoms with Crippen molar-refractivity contribution in [1.29, 1.82) is 0 Å². The Morgan fingerprint density at radius 3 is 2.24 bits per heavy atom. The van der Waals surface area contributed by atoms with E-state index in [1.807, 2.05) is 4.98 Å². The molecule has 1 aliphatic rings. The monoisotopic (exact) mass is 462 g/mol. The Balaban J connectivity index is 0.000000537. The summed E-state index contributed by atoms with van der Waals surface area (Å²) in [5, 5.41) is 20.0. The van der Waals surface area contributed by atoms with Crippen LogP contribution in [0.3, 0.4) is 0 Å². The first-order valence-corrected chi connectivity index (χ1v) is 10.5. The Bertz CT molecular complexity index is 1060. The number of hydrogen-bond donors (Lipinski definition) is 9. The number of aliphatic hydroxyl groups excluding tert-OH is 2. The number of aromatic amines is 2. The predicted molar refractivity (Wildman–Crippen MR) is 89.2 cm³/mol. The van der Waals surface area contributed by atoms with Crippen molar-refractivity contribution in [3.05, 3.63) is 27.2 Å². The molecule has 2 aromatic rings. The Morgan fingerprint density at radius 1 is 1.10 bits per heavy atom. The number of aliphatic hydroxyl groups is 2. The largest absolute Gasteiger partial charge is 0.469 e. The number of hydrogen-bond acceptors (Lipinski definition) is 9. The van der Waals surface area contributed by atoms with Gasteiger partial charge in [0.25, 0.3) is 5.56 Å². The van der Waals surface area contributed by atoms with E-state index < -0.39 is 58.0 Å². The summed E-state index contributed by atoms with van der Waals surface area (Å²) in [6, 6.07) is 0. The number of imidazole rings is 1. The Labute approximate surface area is 158 Å². The van der Waals surface area contributed by atoms with Gasteiger partial charge in [-0.15, -0.1) is 0 Å². The van der Waals surface area contributed by atoms with Crippen LogP contribution in [0.25, 0.3) is 11.2 Å². The highest BCUT2D eigenvalue weighted by molar-refractivity contribution is 7.46. The van der Waals surface area contributed by atoms with Crippen LogP contribution in [0.4, 0.5) is 0 Å². The second-order valence-corrected chi connectivity index (χ2v) is 7.87. The molecule has 2 aromatic heterocycles. The van der Waals surface area contributed by atoms with Gasteiger partial charge in [0.1, 0.15) is 24.0 Å². The zero-order valence-electron chi connectivity index (χ0n) is 14.0. The number of phosphoric ester groups is 1. The number of nitrogens with one attached hydrogen (secondary N) is 2. The summed E-state index contributed by atoms with van der Waals surface area (Å²) in [5.41, 5.74) is -1.71. The molecule has 0 aromatic carbocycles. The Kier molecular flexibility index (Phi) is 6.93. The van der Waals surface area contributed by atoms with E-state index in [0.717, 1.165) is 10.9 Å². The van der Waals surface area contributed by atoms with Gasteiger partial charge in [-0.3, -0.25) is 23.9 Å². The molecule has 164 valence electrons. The molecule has 0 saturated carbocycles. The van der Waals surface area contributed by atoms with Gasteiger partial charge in [-0.1, -0.05) is 0 Å². The van der Waals surface area contributed by atoms with Gasteiger partial charge >= 0.3 is 21.3 Å². The maximum Gasteiger partial charge on any atom is 0.469 e. The van der Waals surface area contributed by atoms with Crippen molar-refractivity contribution in [1.82, 2.24) is 19.5 Å². The minimum Gasteiger partial charge on any atom is -0.387 e. The van der Waals surface area contributed by atoms with Crippen LogP contribution < -0.4 is 11.2 Å². The fraction of sp³-hybridized carbons (Fsp3) is 0.500.